The van der Waals surface area contributed by atoms with E-state index in [1.54, 1.807) is 12.2 Å². The van der Waals surface area contributed by atoms with Crippen molar-refractivity contribution in [2.45, 2.75) is 154 Å². The molecule has 10 heteroatoms. The summed E-state index contributed by atoms with van der Waals surface area (Å²) in [4.78, 5) is 42.5. The van der Waals surface area contributed by atoms with E-state index in [0.29, 0.717) is 19.3 Å². The summed E-state index contributed by atoms with van der Waals surface area (Å²) in [5.41, 5.74) is 0. The van der Waals surface area contributed by atoms with Crippen LogP contribution in [0.3, 0.4) is 0 Å². The molecule has 0 aliphatic rings. The minimum Gasteiger partial charge on any atom is -0.462 e. The molecule has 0 heterocycles. The maximum Gasteiger partial charge on any atom is 0.469 e. The van der Waals surface area contributed by atoms with Gasteiger partial charge in [-0.3, -0.25) is 14.1 Å². The molecule has 0 aliphatic carbocycles. The number of phosphoric ester groups is 1. The Kier molecular flexibility index (Phi) is 30.2. The molecule has 2 atom stereocenters. The zero-order valence-corrected chi connectivity index (χ0v) is 29.5. The monoisotopic (exact) mass is 670 g/mol. The molecule has 266 valence electrons. The molecule has 0 radical (unpaired) electrons. The van der Waals surface area contributed by atoms with Crippen LogP contribution in [-0.4, -0.2) is 52.3 Å². The highest BCUT2D eigenvalue weighted by atomic mass is 31.2. The van der Waals surface area contributed by atoms with Crippen LogP contribution in [0.2, 0.25) is 0 Å². The highest BCUT2D eigenvalue weighted by Crippen LogP contribution is 2.35. The number of ether oxygens (including phenoxy) is 2. The van der Waals surface area contributed by atoms with Gasteiger partial charge in [-0.25, -0.2) is 4.57 Å². The van der Waals surface area contributed by atoms with Crippen LogP contribution in [-0.2, 0) is 28.2 Å². The van der Waals surface area contributed by atoms with Crippen molar-refractivity contribution in [3.05, 3.63) is 48.6 Å². The number of hydrogen-bond acceptors (Lipinski definition) is 7. The van der Waals surface area contributed by atoms with Gasteiger partial charge in [0.25, 0.3) is 0 Å². The highest BCUT2D eigenvalue weighted by molar-refractivity contribution is 7.46. The summed E-state index contributed by atoms with van der Waals surface area (Å²) in [6, 6.07) is 0. The van der Waals surface area contributed by atoms with Gasteiger partial charge in [0, 0.05) is 12.8 Å². The maximum atomic E-state index is 12.3. The number of carbonyl (C=O) groups is 2. The first-order valence-corrected chi connectivity index (χ1v) is 19.1. The Balaban J connectivity index is 4.24. The average molecular weight is 671 g/mol. The molecule has 0 aromatic heterocycles. The molecule has 0 aliphatic heterocycles. The summed E-state index contributed by atoms with van der Waals surface area (Å²) >= 11 is 0. The summed E-state index contributed by atoms with van der Waals surface area (Å²) in [5.74, 6) is -1.09. The third kappa shape index (κ3) is 33.3. The van der Waals surface area contributed by atoms with Crippen LogP contribution in [0.4, 0.5) is 0 Å². The van der Waals surface area contributed by atoms with Crippen LogP contribution in [0, 0.1) is 0 Å². The normalized spacial score (nSPS) is 13.8. The van der Waals surface area contributed by atoms with E-state index >= 15 is 0 Å². The van der Waals surface area contributed by atoms with Crippen LogP contribution in [0.15, 0.2) is 48.6 Å². The summed E-state index contributed by atoms with van der Waals surface area (Å²) in [6.07, 6.45) is 33.0. The van der Waals surface area contributed by atoms with Gasteiger partial charge >= 0.3 is 19.8 Å². The molecule has 0 aromatic rings. The molecule has 0 saturated heterocycles. The third-order valence-corrected chi connectivity index (χ3v) is 7.69. The third-order valence-electron chi connectivity index (χ3n) is 7.20. The summed E-state index contributed by atoms with van der Waals surface area (Å²) in [5, 5.41) is 10.2. The maximum absolute atomic E-state index is 12.3. The average Bonchev–Trinajstić information content (AvgIpc) is 3.01. The quantitative estimate of drug-likeness (QED) is 0.0217. The van der Waals surface area contributed by atoms with Crippen molar-refractivity contribution < 1.29 is 43.0 Å². The van der Waals surface area contributed by atoms with Gasteiger partial charge < -0.3 is 24.4 Å². The lowest BCUT2D eigenvalue weighted by Gasteiger charge is -2.18. The van der Waals surface area contributed by atoms with Gasteiger partial charge in [0.2, 0.25) is 0 Å². The smallest absolute Gasteiger partial charge is 0.462 e. The van der Waals surface area contributed by atoms with E-state index in [1.807, 2.05) is 12.2 Å². The molecule has 3 N–H and O–H groups in total. The van der Waals surface area contributed by atoms with Crippen LogP contribution in [0.1, 0.15) is 142 Å². The topological polar surface area (TPSA) is 140 Å². The Bertz CT molecular complexity index is 907. The lowest BCUT2D eigenvalue weighted by Crippen LogP contribution is -2.29. The lowest BCUT2D eigenvalue weighted by molar-refractivity contribution is -0.161. The molecule has 0 fully saturated rings. The molecule has 9 nitrogen and oxygen atoms in total. The van der Waals surface area contributed by atoms with Gasteiger partial charge in [0.1, 0.15) is 6.61 Å². The van der Waals surface area contributed by atoms with E-state index < -0.39 is 38.6 Å². The van der Waals surface area contributed by atoms with E-state index in [2.05, 4.69) is 42.7 Å². The van der Waals surface area contributed by atoms with Crippen molar-refractivity contribution >= 4 is 19.8 Å². The highest BCUT2D eigenvalue weighted by Gasteiger charge is 2.23. The largest absolute Gasteiger partial charge is 0.469 e. The fourth-order valence-corrected chi connectivity index (χ4v) is 4.89. The van der Waals surface area contributed by atoms with Crippen LogP contribution in [0.25, 0.3) is 0 Å². The van der Waals surface area contributed by atoms with E-state index in [0.717, 1.165) is 38.5 Å². The molecule has 0 spiro atoms. The first kappa shape index (κ1) is 44.0. The first-order chi connectivity index (χ1) is 22.2. The van der Waals surface area contributed by atoms with Gasteiger partial charge in [0.05, 0.1) is 12.7 Å². The molecule has 46 heavy (non-hydrogen) atoms. The van der Waals surface area contributed by atoms with Gasteiger partial charge in [-0.1, -0.05) is 133 Å². The molecule has 0 aromatic carbocycles. The number of aliphatic hydroxyl groups excluding tert-OH is 1. The zero-order valence-electron chi connectivity index (χ0n) is 28.6. The lowest BCUT2D eigenvalue weighted by atomic mass is 10.1. The molecule has 0 saturated carbocycles. The van der Waals surface area contributed by atoms with Crippen LogP contribution in [0.5, 0.6) is 0 Å². The van der Waals surface area contributed by atoms with Gasteiger partial charge in [0.15, 0.2) is 6.10 Å². The Morgan fingerprint density at radius 1 is 0.674 bits per heavy atom. The number of aliphatic hydroxyl groups is 1. The van der Waals surface area contributed by atoms with Crippen molar-refractivity contribution in [3.8, 4) is 0 Å². The molecular formula is C36H63O9P. The fourth-order valence-electron chi connectivity index (χ4n) is 4.53. The number of rotatable bonds is 31. The predicted octanol–water partition coefficient (Wildman–Crippen LogP) is 8.98. The summed E-state index contributed by atoms with van der Waals surface area (Å²) in [7, 11) is -4.80. The van der Waals surface area contributed by atoms with Gasteiger partial charge in [-0.15, -0.1) is 0 Å². The Hall–Kier alpha value is -2.03. The SMILES string of the molecule is CCCCC/C=C\C/C=C\C/C=C\C=C\[C@H](O)CCCC(=O)O[C@H](COC(=O)CCCCCCCCCCCC)COP(=O)(O)O. The standard InChI is InChI=1S/C36H63O9P/c1-3-5-7-9-11-13-15-16-17-18-20-22-24-27-33(37)28-26-30-36(39)45-34(32-44-46(40,41)42)31-43-35(38)29-25-23-21-19-14-12-10-8-6-4-2/h11,13,16-17,20,22,24,27,33-34,37H,3-10,12,14-15,18-19,21,23,25-26,28-32H2,1-2H3,(H2,40,41,42)/b13-11-,17-16-,22-20-,27-24+/t33-,34+/m0/s1. The number of hydrogen-bond donors (Lipinski definition) is 3. The second-order valence-corrected chi connectivity index (χ2v) is 12.9. The zero-order chi connectivity index (χ0) is 34.1. The van der Waals surface area contributed by atoms with E-state index in [9.17, 15) is 19.3 Å². The number of allylic oxidation sites excluding steroid dienone is 7. The number of carbonyl (C=O) groups excluding carboxylic acids is 2. The van der Waals surface area contributed by atoms with Crippen molar-refractivity contribution in [1.29, 1.82) is 0 Å². The van der Waals surface area contributed by atoms with Crippen LogP contribution >= 0.6 is 7.82 Å². The molecule has 0 rings (SSSR count). The molecular weight excluding hydrogens is 607 g/mol. The number of phosphoric acid groups is 1. The van der Waals surface area contributed by atoms with Crippen molar-refractivity contribution in [2.75, 3.05) is 13.2 Å². The summed E-state index contributed by atoms with van der Waals surface area (Å²) < 4.78 is 26.1. The molecule has 0 bridgehead atoms. The molecule has 0 unspecified atom stereocenters. The Labute approximate surface area is 278 Å². The first-order valence-electron chi connectivity index (χ1n) is 17.5. The minimum atomic E-state index is -4.80. The minimum absolute atomic E-state index is 0.0163. The second-order valence-electron chi connectivity index (χ2n) is 11.7. The molecule has 0 amide bonds. The fraction of sp³-hybridized carbons (Fsp3) is 0.722. The Morgan fingerprint density at radius 2 is 1.24 bits per heavy atom. The van der Waals surface area contributed by atoms with Gasteiger partial charge in [-0.2, -0.15) is 0 Å². The summed E-state index contributed by atoms with van der Waals surface area (Å²) in [6.45, 7) is 3.45. The van der Waals surface area contributed by atoms with E-state index in [1.165, 1.54) is 57.8 Å². The Morgan fingerprint density at radius 3 is 1.89 bits per heavy atom. The number of esters is 2. The van der Waals surface area contributed by atoms with Crippen molar-refractivity contribution in [3.63, 3.8) is 0 Å². The van der Waals surface area contributed by atoms with Gasteiger partial charge in [-0.05, 0) is 44.9 Å². The van der Waals surface area contributed by atoms with Crippen molar-refractivity contribution in [1.82, 2.24) is 0 Å². The van der Waals surface area contributed by atoms with E-state index in [-0.39, 0.29) is 19.4 Å². The van der Waals surface area contributed by atoms with Crippen LogP contribution < -0.4 is 0 Å². The van der Waals surface area contributed by atoms with Crippen molar-refractivity contribution in [2.24, 2.45) is 0 Å². The second kappa shape index (κ2) is 31.6. The number of unbranched alkanes of at least 4 members (excludes halogenated alkanes) is 12. The van der Waals surface area contributed by atoms with E-state index in [4.69, 9.17) is 19.3 Å². The predicted molar refractivity (Wildman–Crippen MR) is 185 cm³/mol.